The predicted molar refractivity (Wildman–Crippen MR) is 104 cm³/mol. The fourth-order valence-electron chi connectivity index (χ4n) is 3.27. The minimum atomic E-state index is -3.47. The molecule has 3 aromatic rings. The molecule has 1 aliphatic rings. The van der Waals surface area contributed by atoms with E-state index in [1.807, 2.05) is 25.3 Å². The van der Waals surface area contributed by atoms with Crippen molar-refractivity contribution in [2.45, 2.75) is 10.6 Å². The Labute approximate surface area is 156 Å². The van der Waals surface area contributed by atoms with E-state index in [2.05, 4.69) is 22.9 Å². The van der Waals surface area contributed by atoms with Gasteiger partial charge in [-0.15, -0.1) is 11.3 Å². The molecular weight excluding hydrogens is 376 g/mol. The second kappa shape index (κ2) is 6.29. The zero-order chi connectivity index (χ0) is 17.6. The van der Waals surface area contributed by atoms with Crippen LogP contribution in [0.4, 0.5) is 0 Å². The number of hydrogen-bond donors (Lipinski definition) is 0. The molecule has 4 nitrogen and oxygen atoms in total. The first-order valence-corrected chi connectivity index (χ1v) is 10.6. The lowest BCUT2D eigenvalue weighted by molar-refractivity contribution is 0.443. The van der Waals surface area contributed by atoms with E-state index in [4.69, 9.17) is 11.6 Å². The highest BCUT2D eigenvalue weighted by molar-refractivity contribution is 7.91. The molecule has 1 aromatic carbocycles. The van der Waals surface area contributed by atoms with E-state index in [1.165, 1.54) is 26.3 Å². The average Bonchev–Trinajstić information content (AvgIpc) is 3.20. The molecule has 0 saturated heterocycles. The van der Waals surface area contributed by atoms with Gasteiger partial charge >= 0.3 is 0 Å². The predicted octanol–water partition coefficient (Wildman–Crippen LogP) is 4.37. The fourth-order valence-corrected chi connectivity index (χ4v) is 6.29. The molecule has 25 heavy (non-hydrogen) atoms. The second-order valence-corrected chi connectivity index (χ2v) is 9.95. The normalized spacial score (nSPS) is 16.3. The summed E-state index contributed by atoms with van der Waals surface area (Å²) in [7, 11) is -1.43. The Morgan fingerprint density at radius 2 is 1.96 bits per heavy atom. The molecule has 130 valence electrons. The number of thiophene rings is 1. The smallest absolute Gasteiger partial charge is 0.252 e. The van der Waals surface area contributed by atoms with Crippen molar-refractivity contribution in [3.05, 3.63) is 58.6 Å². The zero-order valence-corrected chi connectivity index (χ0v) is 16.0. The number of hydrogen-bond acceptors (Lipinski definition) is 3. The lowest BCUT2D eigenvalue weighted by Crippen LogP contribution is -2.34. The van der Waals surface area contributed by atoms with Crippen molar-refractivity contribution in [3.8, 4) is 0 Å². The van der Waals surface area contributed by atoms with Crippen LogP contribution in [0.25, 0.3) is 16.5 Å². The maximum atomic E-state index is 12.7. The van der Waals surface area contributed by atoms with E-state index >= 15 is 0 Å². The summed E-state index contributed by atoms with van der Waals surface area (Å²) in [4.78, 5) is 0. The molecule has 3 heterocycles. The van der Waals surface area contributed by atoms with Gasteiger partial charge in [0.1, 0.15) is 4.21 Å². The highest BCUT2D eigenvalue weighted by Gasteiger charge is 2.28. The van der Waals surface area contributed by atoms with Gasteiger partial charge in [0.05, 0.1) is 4.34 Å². The largest absolute Gasteiger partial charge is 0.350 e. The number of aromatic nitrogens is 1. The van der Waals surface area contributed by atoms with Gasteiger partial charge in [0.2, 0.25) is 0 Å². The number of sulfonamides is 1. The number of benzene rings is 1. The summed E-state index contributed by atoms with van der Waals surface area (Å²) in [6.07, 6.45) is 4.85. The Morgan fingerprint density at radius 3 is 2.64 bits per heavy atom. The molecule has 4 rings (SSSR count). The van der Waals surface area contributed by atoms with Gasteiger partial charge < -0.3 is 4.57 Å². The van der Waals surface area contributed by atoms with Crippen molar-refractivity contribution in [3.63, 3.8) is 0 Å². The van der Waals surface area contributed by atoms with E-state index in [-0.39, 0.29) is 0 Å². The molecular formula is C18H17ClN2O2S2. The van der Waals surface area contributed by atoms with E-state index in [0.717, 1.165) is 11.3 Å². The quantitative estimate of drug-likeness (QED) is 0.664. The molecule has 0 radical (unpaired) electrons. The minimum absolute atomic E-state index is 0.305. The first-order valence-electron chi connectivity index (χ1n) is 7.96. The van der Waals surface area contributed by atoms with Crippen LogP contribution in [0.15, 0.2) is 52.9 Å². The molecule has 0 unspecified atom stereocenters. The molecule has 2 aromatic heterocycles. The van der Waals surface area contributed by atoms with Crippen LogP contribution in [0.3, 0.4) is 0 Å². The van der Waals surface area contributed by atoms with Gasteiger partial charge in [-0.1, -0.05) is 35.9 Å². The highest BCUT2D eigenvalue weighted by atomic mass is 35.5. The van der Waals surface area contributed by atoms with Crippen LogP contribution in [0.1, 0.15) is 12.0 Å². The molecule has 7 heteroatoms. The van der Waals surface area contributed by atoms with Crippen molar-refractivity contribution in [1.82, 2.24) is 8.87 Å². The molecule has 0 N–H and O–H groups in total. The van der Waals surface area contributed by atoms with Gasteiger partial charge in [-0.3, -0.25) is 0 Å². The third kappa shape index (κ3) is 2.93. The molecule has 0 bridgehead atoms. The topological polar surface area (TPSA) is 42.3 Å². The number of nitrogens with zero attached hydrogens (tertiary/aromatic N) is 2. The number of aryl methyl sites for hydroxylation is 1. The summed E-state index contributed by atoms with van der Waals surface area (Å²) in [6, 6.07) is 11.5. The first kappa shape index (κ1) is 16.8. The molecule has 0 saturated carbocycles. The molecule has 0 atom stereocenters. The molecule has 0 spiro atoms. The van der Waals surface area contributed by atoms with Crippen LogP contribution in [0, 0.1) is 0 Å². The summed E-state index contributed by atoms with van der Waals surface area (Å²) in [6.45, 7) is 0.864. The number of para-hydroxylation sites is 1. The maximum Gasteiger partial charge on any atom is 0.252 e. The highest BCUT2D eigenvalue weighted by Crippen LogP contribution is 2.33. The van der Waals surface area contributed by atoms with Crippen molar-refractivity contribution in [1.29, 1.82) is 0 Å². The summed E-state index contributed by atoms with van der Waals surface area (Å²) in [5.74, 6) is 0. The molecule has 1 aliphatic heterocycles. The maximum absolute atomic E-state index is 12.7. The van der Waals surface area contributed by atoms with Crippen LogP contribution in [-0.4, -0.2) is 30.4 Å². The van der Waals surface area contributed by atoms with Gasteiger partial charge in [0.25, 0.3) is 10.0 Å². The standard InChI is InChI=1S/C18H17ClN2O2S2/c1-20-12-15(14-4-2-3-5-16(14)20)13-8-10-21(11-9-13)25(22,23)18-7-6-17(19)24-18/h2-8,12H,9-11H2,1H3. The molecule has 0 amide bonds. The van der Waals surface area contributed by atoms with Crippen molar-refractivity contribution in [2.75, 3.05) is 13.1 Å². The second-order valence-electron chi connectivity index (χ2n) is 6.07. The fraction of sp³-hybridized carbons (Fsp3) is 0.222. The minimum Gasteiger partial charge on any atom is -0.350 e. The van der Waals surface area contributed by atoms with Crippen LogP contribution in [0.5, 0.6) is 0 Å². The first-order chi connectivity index (χ1) is 12.0. The Hall–Kier alpha value is -1.60. The van der Waals surface area contributed by atoms with E-state index in [9.17, 15) is 8.42 Å². The Morgan fingerprint density at radius 1 is 1.16 bits per heavy atom. The van der Waals surface area contributed by atoms with Gasteiger partial charge in [-0.25, -0.2) is 8.42 Å². The average molecular weight is 393 g/mol. The van der Waals surface area contributed by atoms with Gasteiger partial charge in [-0.2, -0.15) is 4.31 Å². The number of rotatable bonds is 3. The van der Waals surface area contributed by atoms with Crippen LogP contribution in [0.2, 0.25) is 4.34 Å². The third-order valence-electron chi connectivity index (χ3n) is 4.56. The SMILES string of the molecule is Cn1cc(C2=CCN(S(=O)(=O)c3ccc(Cl)s3)CC2)c2ccccc21. The van der Waals surface area contributed by atoms with Crippen LogP contribution >= 0.6 is 22.9 Å². The lowest BCUT2D eigenvalue weighted by atomic mass is 10.00. The summed E-state index contributed by atoms with van der Waals surface area (Å²) < 4.78 is 29.8. The monoisotopic (exact) mass is 392 g/mol. The van der Waals surface area contributed by atoms with E-state index in [0.29, 0.717) is 28.1 Å². The van der Waals surface area contributed by atoms with Crippen molar-refractivity contribution in [2.24, 2.45) is 7.05 Å². The zero-order valence-electron chi connectivity index (χ0n) is 13.6. The third-order valence-corrected chi connectivity index (χ3v) is 8.12. The molecule has 0 fully saturated rings. The van der Waals surface area contributed by atoms with Crippen LogP contribution < -0.4 is 0 Å². The number of halogens is 1. The Balaban J connectivity index is 1.64. The van der Waals surface area contributed by atoms with Crippen LogP contribution in [-0.2, 0) is 17.1 Å². The van der Waals surface area contributed by atoms with Gasteiger partial charge in [0, 0.05) is 42.8 Å². The Bertz CT molecular complexity index is 1080. The van der Waals surface area contributed by atoms with E-state index in [1.54, 1.807) is 12.1 Å². The van der Waals surface area contributed by atoms with Crippen molar-refractivity contribution < 1.29 is 8.42 Å². The Kier molecular flexibility index (Phi) is 4.24. The van der Waals surface area contributed by atoms with Gasteiger partial charge in [-0.05, 0) is 30.2 Å². The lowest BCUT2D eigenvalue weighted by Gasteiger charge is -2.25. The summed E-state index contributed by atoms with van der Waals surface area (Å²) in [5, 5.41) is 1.21. The van der Waals surface area contributed by atoms with Crippen molar-refractivity contribution >= 4 is 49.4 Å². The molecule has 0 aliphatic carbocycles. The number of fused-ring (bicyclic) bond motifs is 1. The van der Waals surface area contributed by atoms with Gasteiger partial charge in [0.15, 0.2) is 0 Å². The summed E-state index contributed by atoms with van der Waals surface area (Å²) in [5.41, 5.74) is 3.57. The summed E-state index contributed by atoms with van der Waals surface area (Å²) >= 11 is 6.99. The van der Waals surface area contributed by atoms with E-state index < -0.39 is 10.0 Å².